The number of nitrogens with two attached hydrogens (primary N) is 1. The highest BCUT2D eigenvalue weighted by atomic mass is 16.4. The highest BCUT2D eigenvalue weighted by molar-refractivity contribution is 5.96. The van der Waals surface area contributed by atoms with E-state index in [9.17, 15) is 14.4 Å². The van der Waals surface area contributed by atoms with E-state index in [2.05, 4.69) is 10.6 Å². The van der Waals surface area contributed by atoms with Crippen LogP contribution in [0.2, 0.25) is 0 Å². The molecule has 0 bridgehead atoms. The normalized spacial score (nSPS) is 11.8. The van der Waals surface area contributed by atoms with E-state index in [0.29, 0.717) is 5.69 Å². The molecule has 0 unspecified atom stereocenters. The number of aromatic carboxylic acids is 1. The molecule has 0 aliphatic heterocycles. The zero-order valence-electron chi connectivity index (χ0n) is 11.9. The van der Waals surface area contributed by atoms with Crippen molar-refractivity contribution in [3.63, 3.8) is 0 Å². The number of hydrogen-bond donors (Lipinski definition) is 4. The average molecular weight is 293 g/mol. The van der Waals surface area contributed by atoms with Crippen LogP contribution in [-0.4, -0.2) is 35.5 Å². The molecule has 0 saturated heterocycles. The molecule has 0 aromatic heterocycles. The Morgan fingerprint density at radius 1 is 1.29 bits per heavy atom. The van der Waals surface area contributed by atoms with Crippen LogP contribution in [0.4, 0.5) is 5.69 Å². The second-order valence-corrected chi connectivity index (χ2v) is 4.92. The minimum absolute atomic E-state index is 0.0275. The SMILES string of the molecule is CC(C)[C@H](N)C(=O)NCC(=O)Nc1cccc(C(=O)O)c1. The summed E-state index contributed by atoms with van der Waals surface area (Å²) in [4.78, 5) is 34.1. The number of carboxylic acid groups (broad SMARTS) is 1. The van der Waals surface area contributed by atoms with Crippen LogP contribution in [0.25, 0.3) is 0 Å². The first kappa shape index (κ1) is 16.6. The van der Waals surface area contributed by atoms with Crippen LogP contribution in [0.5, 0.6) is 0 Å². The van der Waals surface area contributed by atoms with Gasteiger partial charge in [0.1, 0.15) is 0 Å². The second-order valence-electron chi connectivity index (χ2n) is 4.92. The zero-order valence-corrected chi connectivity index (χ0v) is 11.9. The third kappa shape index (κ3) is 5.23. The molecule has 1 rings (SSSR count). The first-order valence-corrected chi connectivity index (χ1v) is 6.47. The van der Waals surface area contributed by atoms with Gasteiger partial charge < -0.3 is 21.5 Å². The standard InChI is InChI=1S/C14H19N3O4/c1-8(2)12(15)13(19)16-7-11(18)17-10-5-3-4-9(6-10)14(20)21/h3-6,8,12H,7,15H2,1-2H3,(H,16,19)(H,17,18)(H,20,21)/t12-/m0/s1. The molecule has 114 valence electrons. The van der Waals surface area contributed by atoms with Gasteiger partial charge in [-0.1, -0.05) is 19.9 Å². The average Bonchev–Trinajstić information content (AvgIpc) is 2.44. The molecular weight excluding hydrogens is 274 g/mol. The third-order valence-corrected chi connectivity index (χ3v) is 2.84. The Morgan fingerprint density at radius 3 is 2.52 bits per heavy atom. The van der Waals surface area contributed by atoms with Crippen LogP contribution in [0, 0.1) is 5.92 Å². The van der Waals surface area contributed by atoms with Gasteiger partial charge in [-0.2, -0.15) is 0 Å². The van der Waals surface area contributed by atoms with E-state index in [1.54, 1.807) is 6.07 Å². The van der Waals surface area contributed by atoms with Gasteiger partial charge in [-0.25, -0.2) is 4.79 Å². The van der Waals surface area contributed by atoms with E-state index in [0.717, 1.165) is 0 Å². The van der Waals surface area contributed by atoms with Crippen LogP contribution in [-0.2, 0) is 9.59 Å². The summed E-state index contributed by atoms with van der Waals surface area (Å²) >= 11 is 0. The monoisotopic (exact) mass is 293 g/mol. The van der Waals surface area contributed by atoms with Gasteiger partial charge in [0.2, 0.25) is 11.8 Å². The number of carbonyl (C=O) groups excluding carboxylic acids is 2. The molecule has 0 fully saturated rings. The molecule has 1 aromatic rings. The molecule has 1 atom stereocenters. The number of benzene rings is 1. The van der Waals surface area contributed by atoms with Gasteiger partial charge >= 0.3 is 5.97 Å². The van der Waals surface area contributed by atoms with E-state index in [-0.39, 0.29) is 18.0 Å². The summed E-state index contributed by atoms with van der Waals surface area (Å²) in [5.41, 5.74) is 6.06. The quantitative estimate of drug-likeness (QED) is 0.605. The van der Waals surface area contributed by atoms with E-state index in [4.69, 9.17) is 10.8 Å². The Morgan fingerprint density at radius 2 is 1.95 bits per heavy atom. The first-order valence-electron chi connectivity index (χ1n) is 6.47. The summed E-state index contributed by atoms with van der Waals surface area (Å²) in [5, 5.41) is 13.8. The van der Waals surface area contributed by atoms with Crippen LogP contribution in [0.3, 0.4) is 0 Å². The summed E-state index contributed by atoms with van der Waals surface area (Å²) in [6.07, 6.45) is 0. The van der Waals surface area contributed by atoms with Crippen molar-refractivity contribution in [3.8, 4) is 0 Å². The van der Waals surface area contributed by atoms with E-state index < -0.39 is 23.8 Å². The Bertz CT molecular complexity index is 543. The fourth-order valence-corrected chi connectivity index (χ4v) is 1.52. The molecule has 0 spiro atoms. The maximum atomic E-state index is 11.7. The molecule has 0 heterocycles. The maximum absolute atomic E-state index is 11.7. The molecular formula is C14H19N3O4. The van der Waals surface area contributed by atoms with Crippen LogP contribution < -0.4 is 16.4 Å². The van der Waals surface area contributed by atoms with Crippen molar-refractivity contribution < 1.29 is 19.5 Å². The van der Waals surface area contributed by atoms with Gasteiger partial charge in [0.15, 0.2) is 0 Å². The van der Waals surface area contributed by atoms with E-state index in [1.165, 1.54) is 18.2 Å². The van der Waals surface area contributed by atoms with Gasteiger partial charge in [0, 0.05) is 5.69 Å². The lowest BCUT2D eigenvalue weighted by molar-refractivity contribution is -0.125. The van der Waals surface area contributed by atoms with Crippen LogP contribution in [0.15, 0.2) is 24.3 Å². The Balaban J connectivity index is 2.53. The predicted molar refractivity (Wildman–Crippen MR) is 77.9 cm³/mol. The van der Waals surface area contributed by atoms with Crippen molar-refractivity contribution in [1.82, 2.24) is 5.32 Å². The lowest BCUT2D eigenvalue weighted by Gasteiger charge is -2.15. The molecule has 2 amide bonds. The van der Waals surface area contributed by atoms with Gasteiger partial charge in [-0.3, -0.25) is 9.59 Å². The molecule has 21 heavy (non-hydrogen) atoms. The van der Waals surface area contributed by atoms with E-state index in [1.807, 2.05) is 13.8 Å². The largest absolute Gasteiger partial charge is 0.478 e. The topological polar surface area (TPSA) is 122 Å². The fourth-order valence-electron chi connectivity index (χ4n) is 1.52. The van der Waals surface area contributed by atoms with Gasteiger partial charge in [0.25, 0.3) is 0 Å². The lowest BCUT2D eigenvalue weighted by atomic mass is 10.1. The van der Waals surface area contributed by atoms with Crippen molar-refractivity contribution in [2.24, 2.45) is 11.7 Å². The predicted octanol–water partition coefficient (Wildman–Crippen LogP) is 0.423. The van der Waals surface area contributed by atoms with Gasteiger partial charge in [0.05, 0.1) is 18.2 Å². The van der Waals surface area contributed by atoms with Crippen molar-refractivity contribution in [3.05, 3.63) is 29.8 Å². The molecule has 0 aliphatic rings. The lowest BCUT2D eigenvalue weighted by Crippen LogP contribution is -2.46. The van der Waals surface area contributed by atoms with Gasteiger partial charge in [-0.05, 0) is 24.1 Å². The highest BCUT2D eigenvalue weighted by Gasteiger charge is 2.17. The molecule has 0 saturated carbocycles. The molecule has 0 radical (unpaired) electrons. The summed E-state index contributed by atoms with van der Waals surface area (Å²) < 4.78 is 0. The number of carboxylic acids is 1. The summed E-state index contributed by atoms with van der Waals surface area (Å²) in [6, 6.07) is 5.16. The number of carbonyl (C=O) groups is 3. The van der Waals surface area contributed by atoms with Crippen molar-refractivity contribution in [2.75, 3.05) is 11.9 Å². The maximum Gasteiger partial charge on any atom is 0.335 e. The molecule has 1 aromatic carbocycles. The Hall–Kier alpha value is -2.41. The number of anilines is 1. The molecule has 5 N–H and O–H groups in total. The summed E-state index contributed by atoms with van der Waals surface area (Å²) in [7, 11) is 0. The molecule has 7 nitrogen and oxygen atoms in total. The second kappa shape index (κ2) is 7.39. The Labute approximate surface area is 122 Å². The van der Waals surface area contributed by atoms with Crippen molar-refractivity contribution in [1.29, 1.82) is 0 Å². The number of hydrogen-bond acceptors (Lipinski definition) is 4. The summed E-state index contributed by atoms with van der Waals surface area (Å²) in [6.45, 7) is 3.39. The van der Waals surface area contributed by atoms with Crippen LogP contribution >= 0.6 is 0 Å². The third-order valence-electron chi connectivity index (χ3n) is 2.84. The van der Waals surface area contributed by atoms with Crippen LogP contribution in [0.1, 0.15) is 24.2 Å². The van der Waals surface area contributed by atoms with Crippen molar-refractivity contribution in [2.45, 2.75) is 19.9 Å². The van der Waals surface area contributed by atoms with Gasteiger partial charge in [-0.15, -0.1) is 0 Å². The zero-order chi connectivity index (χ0) is 16.0. The van der Waals surface area contributed by atoms with Crippen molar-refractivity contribution >= 4 is 23.5 Å². The van der Waals surface area contributed by atoms with E-state index >= 15 is 0 Å². The molecule has 0 aliphatic carbocycles. The smallest absolute Gasteiger partial charge is 0.335 e. The fraction of sp³-hybridized carbons (Fsp3) is 0.357. The Kier molecular flexibility index (Phi) is 5.86. The first-order chi connectivity index (χ1) is 9.81. The number of nitrogens with one attached hydrogen (secondary N) is 2. The number of rotatable bonds is 6. The summed E-state index contributed by atoms with van der Waals surface area (Å²) in [5.74, 6) is -1.97. The highest BCUT2D eigenvalue weighted by Crippen LogP contribution is 2.10. The molecule has 7 heteroatoms. The minimum Gasteiger partial charge on any atom is -0.478 e. The minimum atomic E-state index is -1.08. The number of amides is 2.